The molecule has 4 nitrogen and oxygen atoms in total. The van der Waals surface area contributed by atoms with Gasteiger partial charge in [0.1, 0.15) is 5.78 Å². The number of hydrogen-bond acceptors (Lipinski definition) is 5. The molecule has 150 valence electrons. The number of thiol groups is 1. The van der Waals surface area contributed by atoms with Crippen LogP contribution in [0.3, 0.4) is 0 Å². The maximum atomic E-state index is 12.0. The van der Waals surface area contributed by atoms with Gasteiger partial charge in [0, 0.05) is 24.5 Å². The van der Waals surface area contributed by atoms with Gasteiger partial charge in [0.05, 0.1) is 13.2 Å². The van der Waals surface area contributed by atoms with Gasteiger partial charge in [-0.05, 0) is 50.4 Å². The summed E-state index contributed by atoms with van der Waals surface area (Å²) in [5.41, 5.74) is 0. The predicted octanol–water partition coefficient (Wildman–Crippen LogP) is 4.50. The summed E-state index contributed by atoms with van der Waals surface area (Å²) in [6.45, 7) is 2.14. The molecule has 1 aliphatic rings. The highest BCUT2D eigenvalue weighted by Crippen LogP contribution is 2.41. The van der Waals surface area contributed by atoms with E-state index in [1.165, 1.54) is 7.11 Å². The molecule has 0 bridgehead atoms. The fourth-order valence-electron chi connectivity index (χ4n) is 3.77. The second kappa shape index (κ2) is 13.4. The number of allylic oxidation sites excluding steroid dienone is 2. The zero-order valence-corrected chi connectivity index (χ0v) is 17.3. The molecule has 4 atom stereocenters. The van der Waals surface area contributed by atoms with Crippen molar-refractivity contribution in [2.75, 3.05) is 7.11 Å². The molecule has 0 aromatic heterocycles. The van der Waals surface area contributed by atoms with Gasteiger partial charge in [0.15, 0.2) is 0 Å². The largest absolute Gasteiger partial charge is 0.469 e. The summed E-state index contributed by atoms with van der Waals surface area (Å²) >= 11 is 4.66. The van der Waals surface area contributed by atoms with Gasteiger partial charge in [0.2, 0.25) is 0 Å². The number of esters is 1. The Labute approximate surface area is 164 Å². The Balaban J connectivity index is 2.36. The molecule has 1 rings (SSSR count). The number of carbonyl (C=O) groups excluding carboxylic acids is 2. The van der Waals surface area contributed by atoms with Gasteiger partial charge in [-0.3, -0.25) is 9.59 Å². The van der Waals surface area contributed by atoms with E-state index in [0.29, 0.717) is 37.4 Å². The van der Waals surface area contributed by atoms with Crippen molar-refractivity contribution in [3.8, 4) is 0 Å². The Bertz CT molecular complexity index is 449. The maximum Gasteiger partial charge on any atom is 0.305 e. The lowest BCUT2D eigenvalue weighted by molar-refractivity contribution is -0.140. The minimum Gasteiger partial charge on any atom is -0.469 e. The number of hydrogen-bond donors (Lipinski definition) is 2. The number of ketones is 1. The molecule has 0 saturated heterocycles. The molecule has 5 heteroatoms. The van der Waals surface area contributed by atoms with Crippen molar-refractivity contribution < 1.29 is 19.4 Å². The number of methoxy groups -OCH3 is 1. The highest BCUT2D eigenvalue weighted by atomic mass is 32.1. The van der Waals surface area contributed by atoms with Gasteiger partial charge >= 0.3 is 5.97 Å². The van der Waals surface area contributed by atoms with Gasteiger partial charge in [-0.2, -0.15) is 12.6 Å². The number of rotatable bonds is 13. The monoisotopic (exact) mass is 384 g/mol. The van der Waals surface area contributed by atoms with Crippen molar-refractivity contribution in [1.29, 1.82) is 0 Å². The highest BCUT2D eigenvalue weighted by molar-refractivity contribution is 7.81. The molecule has 26 heavy (non-hydrogen) atoms. The smallest absolute Gasteiger partial charge is 0.305 e. The summed E-state index contributed by atoms with van der Waals surface area (Å²) in [4.78, 5) is 23.1. The van der Waals surface area contributed by atoms with Crippen LogP contribution in [0.5, 0.6) is 0 Å². The first-order valence-corrected chi connectivity index (χ1v) is 10.6. The van der Waals surface area contributed by atoms with Crippen LogP contribution in [-0.4, -0.2) is 35.3 Å². The second-order valence-electron chi connectivity index (χ2n) is 7.41. The lowest BCUT2D eigenvalue weighted by atomic mass is 9.86. The molecule has 0 aromatic rings. The Hall–Kier alpha value is -0.810. The van der Waals surface area contributed by atoms with Crippen molar-refractivity contribution in [3.63, 3.8) is 0 Å². The van der Waals surface area contributed by atoms with E-state index < -0.39 is 0 Å². The fraction of sp³-hybridized carbons (Fsp3) is 0.810. The van der Waals surface area contributed by atoms with Crippen LogP contribution in [0.15, 0.2) is 12.2 Å². The Morgan fingerprint density at radius 3 is 2.58 bits per heavy atom. The standard InChI is InChI=1S/C21H36O4S/c1-3-4-7-10-16(22)13-14-18-17(19(23)15-20(18)26)11-8-5-6-9-12-21(24)25-2/h5,8,17-20,23,26H,3-4,6-7,9-15H2,1-2H3/t17-,18-,19+,20-/m1/s1. The molecular weight excluding hydrogens is 348 g/mol. The van der Waals surface area contributed by atoms with Gasteiger partial charge in [-0.15, -0.1) is 0 Å². The highest BCUT2D eigenvalue weighted by Gasteiger charge is 2.39. The molecule has 0 spiro atoms. The fourth-order valence-corrected chi connectivity index (χ4v) is 4.35. The van der Waals surface area contributed by atoms with E-state index in [1.807, 2.05) is 0 Å². The SMILES string of the molecule is CCCCCC(=O)CC[C@@H]1[C@@H](CC=CCCCC(=O)OC)[C@@H](O)C[C@H]1S. The first-order valence-electron chi connectivity index (χ1n) is 10.1. The number of carbonyl (C=O) groups is 2. The molecule has 1 fully saturated rings. The third-order valence-corrected chi connectivity index (χ3v) is 5.99. The van der Waals surface area contributed by atoms with Gasteiger partial charge < -0.3 is 9.84 Å². The van der Waals surface area contributed by atoms with Crippen molar-refractivity contribution in [2.45, 2.75) is 88.9 Å². The van der Waals surface area contributed by atoms with E-state index in [2.05, 4.69) is 36.4 Å². The van der Waals surface area contributed by atoms with Gasteiger partial charge in [-0.25, -0.2) is 0 Å². The normalized spacial score (nSPS) is 25.7. The summed E-state index contributed by atoms with van der Waals surface area (Å²) < 4.78 is 4.62. The molecule has 1 N–H and O–H groups in total. The molecule has 0 amide bonds. The third-order valence-electron chi connectivity index (χ3n) is 5.39. The maximum absolute atomic E-state index is 12.0. The van der Waals surface area contributed by atoms with Crippen molar-refractivity contribution in [3.05, 3.63) is 12.2 Å². The van der Waals surface area contributed by atoms with E-state index in [4.69, 9.17) is 0 Å². The summed E-state index contributed by atoms with van der Waals surface area (Å²) in [5, 5.41) is 10.5. The van der Waals surface area contributed by atoms with E-state index in [1.54, 1.807) is 0 Å². The molecule has 0 unspecified atom stereocenters. The molecular formula is C21H36O4S. The van der Waals surface area contributed by atoms with Crippen LogP contribution in [0.25, 0.3) is 0 Å². The van der Waals surface area contributed by atoms with E-state index in [-0.39, 0.29) is 23.2 Å². The zero-order valence-electron chi connectivity index (χ0n) is 16.4. The summed E-state index contributed by atoms with van der Waals surface area (Å²) in [5.74, 6) is 0.643. The number of aliphatic hydroxyl groups is 1. The molecule has 0 radical (unpaired) electrons. The summed E-state index contributed by atoms with van der Waals surface area (Å²) in [6.07, 6.45) is 12.8. The van der Waals surface area contributed by atoms with Crippen LogP contribution in [-0.2, 0) is 14.3 Å². The summed E-state index contributed by atoms with van der Waals surface area (Å²) in [6, 6.07) is 0. The zero-order chi connectivity index (χ0) is 19.4. The van der Waals surface area contributed by atoms with Crippen LogP contribution in [0, 0.1) is 11.8 Å². The Morgan fingerprint density at radius 1 is 1.12 bits per heavy atom. The Morgan fingerprint density at radius 2 is 1.88 bits per heavy atom. The van der Waals surface area contributed by atoms with E-state index in [0.717, 1.165) is 44.9 Å². The molecule has 1 saturated carbocycles. The molecule has 0 aliphatic heterocycles. The number of unbranched alkanes of at least 4 members (excludes halogenated alkanes) is 3. The third kappa shape index (κ3) is 8.72. The first kappa shape index (κ1) is 23.2. The van der Waals surface area contributed by atoms with E-state index in [9.17, 15) is 14.7 Å². The molecule has 0 aromatic carbocycles. The van der Waals surface area contributed by atoms with Crippen molar-refractivity contribution in [1.82, 2.24) is 0 Å². The topological polar surface area (TPSA) is 63.6 Å². The average molecular weight is 385 g/mol. The minimum absolute atomic E-state index is 0.172. The van der Waals surface area contributed by atoms with Crippen LogP contribution >= 0.6 is 12.6 Å². The quantitative estimate of drug-likeness (QED) is 0.212. The average Bonchev–Trinajstić information content (AvgIpc) is 2.89. The van der Waals surface area contributed by atoms with Crippen LogP contribution in [0.1, 0.15) is 77.6 Å². The second-order valence-corrected chi connectivity index (χ2v) is 8.07. The van der Waals surface area contributed by atoms with Crippen LogP contribution < -0.4 is 0 Å². The minimum atomic E-state index is -0.336. The first-order chi connectivity index (χ1) is 12.5. The van der Waals surface area contributed by atoms with Gasteiger partial charge in [0.25, 0.3) is 0 Å². The number of ether oxygens (including phenoxy) is 1. The number of aliphatic hydroxyl groups excluding tert-OH is 1. The number of Topliss-reactive ketones (excluding diaryl/α,β-unsaturated/α-hetero) is 1. The predicted molar refractivity (Wildman–Crippen MR) is 108 cm³/mol. The van der Waals surface area contributed by atoms with Gasteiger partial charge in [-0.1, -0.05) is 31.9 Å². The Kier molecular flexibility index (Phi) is 11.9. The summed E-state index contributed by atoms with van der Waals surface area (Å²) in [7, 11) is 1.40. The molecule has 1 aliphatic carbocycles. The van der Waals surface area contributed by atoms with E-state index >= 15 is 0 Å². The van der Waals surface area contributed by atoms with Crippen molar-refractivity contribution >= 4 is 24.4 Å². The van der Waals surface area contributed by atoms with Crippen LogP contribution in [0.2, 0.25) is 0 Å². The van der Waals surface area contributed by atoms with Crippen LogP contribution in [0.4, 0.5) is 0 Å². The molecule has 0 heterocycles. The lowest BCUT2D eigenvalue weighted by Gasteiger charge is -2.22. The lowest BCUT2D eigenvalue weighted by Crippen LogP contribution is -2.21. The van der Waals surface area contributed by atoms with Crippen molar-refractivity contribution in [2.24, 2.45) is 11.8 Å².